The van der Waals surface area contributed by atoms with Gasteiger partial charge in [0.25, 0.3) is 0 Å². The van der Waals surface area contributed by atoms with Crippen molar-refractivity contribution < 1.29 is 29.3 Å². The number of aliphatic carboxylic acids is 2. The van der Waals surface area contributed by atoms with Gasteiger partial charge in [0.05, 0.1) is 13.7 Å². The lowest BCUT2D eigenvalue weighted by atomic mass is 10.2. The van der Waals surface area contributed by atoms with E-state index < -0.39 is 11.9 Å². The van der Waals surface area contributed by atoms with E-state index in [0.29, 0.717) is 24.7 Å². The summed E-state index contributed by atoms with van der Waals surface area (Å²) in [5.41, 5.74) is 0. The van der Waals surface area contributed by atoms with Crippen molar-refractivity contribution in [2.24, 2.45) is 5.92 Å². The van der Waals surface area contributed by atoms with E-state index in [0.717, 1.165) is 18.0 Å². The smallest absolute Gasteiger partial charge is 0.328 e. The second kappa shape index (κ2) is 12.0. The second-order valence-electron chi connectivity index (χ2n) is 5.34. The highest BCUT2D eigenvalue weighted by molar-refractivity contribution is 5.89. The molecule has 0 bridgehead atoms. The molecule has 1 aromatic rings. The number of carboxylic acid groups (broad SMARTS) is 2. The number of hydrogen-bond acceptors (Lipinski definition) is 5. The lowest BCUT2D eigenvalue weighted by Crippen LogP contribution is -2.24. The van der Waals surface area contributed by atoms with Crippen LogP contribution in [0.25, 0.3) is 0 Å². The Bertz CT molecular complexity index is 526. The third-order valence-electron chi connectivity index (χ3n) is 2.64. The highest BCUT2D eigenvalue weighted by Gasteiger charge is 2.07. The summed E-state index contributed by atoms with van der Waals surface area (Å²) in [5.74, 6) is -0.408. The van der Waals surface area contributed by atoms with Gasteiger partial charge < -0.3 is 24.6 Å². The largest absolute Gasteiger partial charge is 0.493 e. The summed E-state index contributed by atoms with van der Waals surface area (Å²) < 4.78 is 11.0. The number of ether oxygens (including phenoxy) is 2. The third kappa shape index (κ3) is 11.1. The Balaban J connectivity index is 0.000000561. The van der Waals surface area contributed by atoms with Gasteiger partial charge in [-0.25, -0.2) is 9.59 Å². The monoisotopic (exact) mass is 339 g/mol. The molecule has 7 heteroatoms. The molecule has 0 fully saturated rings. The Morgan fingerprint density at radius 1 is 1.12 bits per heavy atom. The standard InChI is InChI=1S/C13H21NO2.C4H4O4/c1-11(9-14(2)3)10-16-13-8-6-5-7-12(13)15-4;5-3(6)1-2-4(7)8/h5-8,11H,9-10H2,1-4H3;1-2H,(H,5,6)(H,7,8). The Kier molecular flexibility index (Phi) is 10.7. The molecule has 0 aliphatic heterocycles. The van der Waals surface area contributed by atoms with Crippen LogP contribution in [0.4, 0.5) is 0 Å². The van der Waals surface area contributed by atoms with Crippen molar-refractivity contribution in [1.82, 2.24) is 4.90 Å². The molecule has 7 nitrogen and oxygen atoms in total. The van der Waals surface area contributed by atoms with Gasteiger partial charge in [0.1, 0.15) is 0 Å². The molecule has 0 radical (unpaired) electrons. The van der Waals surface area contributed by atoms with Crippen LogP contribution in [0.1, 0.15) is 6.92 Å². The molecule has 0 amide bonds. The fourth-order valence-corrected chi connectivity index (χ4v) is 1.79. The lowest BCUT2D eigenvalue weighted by molar-refractivity contribution is -0.134. The van der Waals surface area contributed by atoms with Crippen LogP contribution in [0, 0.1) is 5.92 Å². The van der Waals surface area contributed by atoms with Crippen molar-refractivity contribution >= 4 is 11.9 Å². The molecular formula is C17H25NO6. The number of nitrogens with zero attached hydrogens (tertiary/aromatic N) is 1. The van der Waals surface area contributed by atoms with Crippen LogP contribution in [-0.2, 0) is 9.59 Å². The maximum Gasteiger partial charge on any atom is 0.328 e. The summed E-state index contributed by atoms with van der Waals surface area (Å²) >= 11 is 0. The zero-order valence-corrected chi connectivity index (χ0v) is 14.4. The van der Waals surface area contributed by atoms with E-state index >= 15 is 0 Å². The molecule has 1 rings (SSSR count). The van der Waals surface area contributed by atoms with Gasteiger partial charge in [0, 0.05) is 24.6 Å². The van der Waals surface area contributed by atoms with E-state index in [1.54, 1.807) is 7.11 Å². The normalized spacial score (nSPS) is 11.5. The number of hydrogen-bond donors (Lipinski definition) is 2. The molecule has 1 atom stereocenters. The fourth-order valence-electron chi connectivity index (χ4n) is 1.79. The molecule has 0 saturated carbocycles. The Morgan fingerprint density at radius 3 is 2.04 bits per heavy atom. The molecule has 2 N–H and O–H groups in total. The van der Waals surface area contributed by atoms with Crippen LogP contribution >= 0.6 is 0 Å². The molecule has 0 saturated heterocycles. The third-order valence-corrected chi connectivity index (χ3v) is 2.64. The Hall–Kier alpha value is -2.54. The Morgan fingerprint density at radius 2 is 1.62 bits per heavy atom. The molecular weight excluding hydrogens is 314 g/mol. The molecule has 134 valence electrons. The highest BCUT2D eigenvalue weighted by atomic mass is 16.5. The van der Waals surface area contributed by atoms with Crippen LogP contribution in [0.2, 0.25) is 0 Å². The van der Waals surface area contributed by atoms with Crippen molar-refractivity contribution in [3.05, 3.63) is 36.4 Å². The number of carboxylic acids is 2. The first-order valence-electron chi connectivity index (χ1n) is 7.30. The average molecular weight is 339 g/mol. The summed E-state index contributed by atoms with van der Waals surface area (Å²) in [7, 11) is 5.80. The Labute approximate surface area is 142 Å². The zero-order valence-electron chi connectivity index (χ0n) is 14.4. The maximum absolute atomic E-state index is 9.55. The molecule has 1 unspecified atom stereocenters. The van der Waals surface area contributed by atoms with Gasteiger partial charge >= 0.3 is 11.9 Å². The van der Waals surface area contributed by atoms with E-state index in [-0.39, 0.29) is 0 Å². The lowest BCUT2D eigenvalue weighted by Gasteiger charge is -2.18. The van der Waals surface area contributed by atoms with E-state index in [9.17, 15) is 9.59 Å². The number of methoxy groups -OCH3 is 1. The predicted molar refractivity (Wildman–Crippen MR) is 90.6 cm³/mol. The number of benzene rings is 1. The number of para-hydroxylation sites is 2. The van der Waals surface area contributed by atoms with E-state index in [2.05, 4.69) is 25.9 Å². The van der Waals surface area contributed by atoms with Crippen LogP contribution in [0.3, 0.4) is 0 Å². The number of rotatable bonds is 8. The van der Waals surface area contributed by atoms with Crippen molar-refractivity contribution in [2.45, 2.75) is 6.92 Å². The van der Waals surface area contributed by atoms with E-state index in [1.807, 2.05) is 24.3 Å². The van der Waals surface area contributed by atoms with Gasteiger partial charge in [0.2, 0.25) is 0 Å². The predicted octanol–water partition coefficient (Wildman–Crippen LogP) is 1.98. The number of carbonyl (C=O) groups is 2. The minimum atomic E-state index is -1.26. The van der Waals surface area contributed by atoms with E-state index in [1.165, 1.54) is 0 Å². The van der Waals surface area contributed by atoms with Crippen molar-refractivity contribution in [3.63, 3.8) is 0 Å². The summed E-state index contributed by atoms with van der Waals surface area (Å²) in [6.07, 6.45) is 1.12. The van der Waals surface area contributed by atoms with E-state index in [4.69, 9.17) is 19.7 Å². The van der Waals surface area contributed by atoms with Crippen LogP contribution in [-0.4, -0.2) is 61.4 Å². The van der Waals surface area contributed by atoms with Gasteiger partial charge in [-0.05, 0) is 26.2 Å². The van der Waals surface area contributed by atoms with Crippen LogP contribution < -0.4 is 9.47 Å². The molecule has 0 heterocycles. The first-order chi connectivity index (χ1) is 11.3. The maximum atomic E-state index is 9.55. The summed E-state index contributed by atoms with van der Waals surface area (Å²) in [4.78, 5) is 21.3. The summed E-state index contributed by atoms with van der Waals surface area (Å²) in [5, 5.41) is 15.6. The molecule has 0 aromatic heterocycles. The fraction of sp³-hybridized carbons (Fsp3) is 0.412. The van der Waals surface area contributed by atoms with Crippen molar-refractivity contribution in [3.8, 4) is 11.5 Å². The molecule has 0 aliphatic rings. The van der Waals surface area contributed by atoms with Gasteiger partial charge in [0.15, 0.2) is 11.5 Å². The molecule has 0 aliphatic carbocycles. The van der Waals surface area contributed by atoms with Gasteiger partial charge in [-0.3, -0.25) is 0 Å². The van der Waals surface area contributed by atoms with Crippen molar-refractivity contribution in [1.29, 1.82) is 0 Å². The topological polar surface area (TPSA) is 96.3 Å². The first-order valence-corrected chi connectivity index (χ1v) is 7.30. The quantitative estimate of drug-likeness (QED) is 0.699. The van der Waals surface area contributed by atoms with Gasteiger partial charge in [-0.15, -0.1) is 0 Å². The SMILES string of the molecule is COc1ccccc1OCC(C)CN(C)C.O=C(O)C=CC(=O)O. The molecule has 0 spiro atoms. The van der Waals surface area contributed by atoms with Gasteiger partial charge in [-0.1, -0.05) is 19.1 Å². The van der Waals surface area contributed by atoms with Gasteiger partial charge in [-0.2, -0.15) is 0 Å². The minimum Gasteiger partial charge on any atom is -0.493 e. The van der Waals surface area contributed by atoms with Crippen LogP contribution in [0.15, 0.2) is 36.4 Å². The highest BCUT2D eigenvalue weighted by Crippen LogP contribution is 2.26. The summed E-state index contributed by atoms with van der Waals surface area (Å²) in [6.45, 7) is 3.91. The molecule has 24 heavy (non-hydrogen) atoms. The average Bonchev–Trinajstić information content (AvgIpc) is 2.51. The first kappa shape index (κ1) is 21.5. The van der Waals surface area contributed by atoms with Crippen molar-refractivity contribution in [2.75, 3.05) is 34.4 Å². The summed E-state index contributed by atoms with van der Waals surface area (Å²) in [6, 6.07) is 7.73. The minimum absolute atomic E-state index is 0.500. The zero-order chi connectivity index (χ0) is 18.5. The molecule has 1 aromatic carbocycles. The van der Waals surface area contributed by atoms with Crippen LogP contribution in [0.5, 0.6) is 11.5 Å². The second-order valence-corrected chi connectivity index (χ2v) is 5.34.